The number of halogens is 2. The van der Waals surface area contributed by atoms with Crippen LogP contribution in [0.4, 0.5) is 4.79 Å². The zero-order valence-electron chi connectivity index (χ0n) is 15.9. The number of carbonyl (C=O) groups is 3. The first-order valence-corrected chi connectivity index (χ1v) is 10.0. The van der Waals surface area contributed by atoms with Gasteiger partial charge in [-0.1, -0.05) is 30.1 Å². The van der Waals surface area contributed by atoms with Crippen molar-refractivity contribution in [2.24, 2.45) is 5.92 Å². The number of nitrogens with zero attached hydrogens (tertiary/aromatic N) is 2. The summed E-state index contributed by atoms with van der Waals surface area (Å²) in [4.78, 5) is 39.1. The van der Waals surface area contributed by atoms with Crippen LogP contribution in [-0.4, -0.2) is 46.9 Å². The first-order chi connectivity index (χ1) is 13.2. The van der Waals surface area contributed by atoms with E-state index >= 15 is 0 Å². The number of urea groups is 1. The molecule has 9 heteroatoms. The van der Waals surface area contributed by atoms with Crippen molar-refractivity contribution in [3.8, 4) is 0 Å². The Morgan fingerprint density at radius 3 is 2.46 bits per heavy atom. The number of imide groups is 1. The molecule has 1 aromatic rings. The van der Waals surface area contributed by atoms with Gasteiger partial charge in [0.15, 0.2) is 0 Å². The average molecular weight is 427 g/mol. The van der Waals surface area contributed by atoms with Gasteiger partial charge in [0.05, 0.1) is 6.54 Å². The molecule has 1 aromatic carbocycles. The fourth-order valence-corrected chi connectivity index (χ4v) is 4.36. The summed E-state index contributed by atoms with van der Waals surface area (Å²) in [6.45, 7) is 2.58. The monoisotopic (exact) mass is 426 g/mol. The van der Waals surface area contributed by atoms with E-state index in [0.717, 1.165) is 23.4 Å². The largest absolute Gasteiger partial charge is 0.344 e. The van der Waals surface area contributed by atoms with E-state index in [1.54, 1.807) is 30.1 Å². The van der Waals surface area contributed by atoms with Crippen LogP contribution in [0, 0.1) is 5.92 Å². The van der Waals surface area contributed by atoms with E-state index in [1.165, 1.54) is 0 Å². The van der Waals surface area contributed by atoms with Crippen molar-refractivity contribution in [3.63, 3.8) is 0 Å². The van der Waals surface area contributed by atoms with Gasteiger partial charge >= 0.3 is 6.03 Å². The summed E-state index contributed by atoms with van der Waals surface area (Å²) >= 11 is 12.0. The fourth-order valence-electron chi connectivity index (χ4n) is 3.79. The zero-order chi connectivity index (χ0) is 20.5. The van der Waals surface area contributed by atoms with E-state index in [1.807, 2.05) is 0 Å². The molecule has 2 aliphatic rings. The number of hydrazine groups is 1. The number of likely N-dealkylation sites (N-methyl/N-ethyl adjacent to an activating group) is 1. The molecule has 28 heavy (non-hydrogen) atoms. The van der Waals surface area contributed by atoms with Gasteiger partial charge in [0, 0.05) is 16.6 Å². The van der Waals surface area contributed by atoms with Gasteiger partial charge in [-0.05, 0) is 62.4 Å². The highest BCUT2D eigenvalue weighted by atomic mass is 35.5. The Labute approximate surface area is 174 Å². The molecular formula is C19H24Cl2N4O3. The van der Waals surface area contributed by atoms with Gasteiger partial charge in [-0.3, -0.25) is 19.9 Å². The Hall–Kier alpha value is -1.83. The Kier molecular flexibility index (Phi) is 6.17. The van der Waals surface area contributed by atoms with Crippen LogP contribution >= 0.6 is 23.2 Å². The van der Waals surface area contributed by atoms with Crippen molar-refractivity contribution in [1.29, 1.82) is 0 Å². The summed E-state index contributed by atoms with van der Waals surface area (Å²) in [6, 6.07) is 4.61. The average Bonchev–Trinajstić information content (AvgIpc) is 2.81. The Morgan fingerprint density at radius 2 is 1.86 bits per heavy atom. The molecule has 1 aliphatic heterocycles. The highest BCUT2D eigenvalue weighted by molar-refractivity contribution is 6.34. The minimum atomic E-state index is -0.875. The van der Waals surface area contributed by atoms with Crippen LogP contribution in [0.25, 0.3) is 0 Å². The van der Waals surface area contributed by atoms with Gasteiger partial charge in [0.1, 0.15) is 5.54 Å². The summed E-state index contributed by atoms with van der Waals surface area (Å²) in [5.41, 5.74) is 2.42. The molecule has 0 atom stereocenters. The van der Waals surface area contributed by atoms with E-state index in [9.17, 15) is 14.4 Å². The summed E-state index contributed by atoms with van der Waals surface area (Å²) in [5, 5.41) is 4.64. The van der Waals surface area contributed by atoms with Crippen LogP contribution in [-0.2, 0) is 16.1 Å². The molecule has 4 amide bonds. The standard InChI is InChI=1S/C19H24Cl2N4O3/c1-12-3-5-19(6-4-12)17(27)25(18(28)22-19)23-16(26)11-24(2)10-13-7-14(20)9-15(21)8-13/h7-9,12H,3-6,10-11H2,1-2H3,(H,22,28)(H,23,26). The first-order valence-electron chi connectivity index (χ1n) is 9.28. The quantitative estimate of drug-likeness (QED) is 0.708. The summed E-state index contributed by atoms with van der Waals surface area (Å²) < 4.78 is 0. The summed E-state index contributed by atoms with van der Waals surface area (Å²) in [5.74, 6) is -0.282. The third-order valence-corrected chi connectivity index (χ3v) is 5.75. The Bertz CT molecular complexity index is 773. The molecule has 0 unspecified atom stereocenters. The number of rotatable bonds is 5. The lowest BCUT2D eigenvalue weighted by atomic mass is 9.77. The normalized spacial score (nSPS) is 24.8. The van der Waals surface area contributed by atoms with Crippen molar-refractivity contribution >= 4 is 41.0 Å². The maximum Gasteiger partial charge on any atom is 0.344 e. The minimum Gasteiger partial charge on any atom is -0.322 e. The molecule has 1 heterocycles. The van der Waals surface area contributed by atoms with Crippen LogP contribution in [0.1, 0.15) is 38.2 Å². The third-order valence-electron chi connectivity index (χ3n) is 5.31. The lowest BCUT2D eigenvalue weighted by Gasteiger charge is -2.33. The van der Waals surface area contributed by atoms with Crippen LogP contribution in [0.15, 0.2) is 18.2 Å². The highest BCUT2D eigenvalue weighted by Gasteiger charge is 2.52. The first kappa shape index (κ1) is 20.9. The van der Waals surface area contributed by atoms with Crippen molar-refractivity contribution in [1.82, 2.24) is 20.7 Å². The summed E-state index contributed by atoms with van der Waals surface area (Å²) in [6.07, 6.45) is 2.94. The van der Waals surface area contributed by atoms with Gasteiger partial charge in [0.25, 0.3) is 11.8 Å². The van der Waals surface area contributed by atoms with Crippen molar-refractivity contribution in [2.45, 2.75) is 44.7 Å². The zero-order valence-corrected chi connectivity index (χ0v) is 17.4. The molecule has 0 bridgehead atoms. The van der Waals surface area contributed by atoms with Gasteiger partial charge in [-0.15, -0.1) is 0 Å². The Balaban J connectivity index is 1.57. The van der Waals surface area contributed by atoms with E-state index in [4.69, 9.17) is 23.2 Å². The second-order valence-corrected chi connectivity index (χ2v) is 8.69. The molecule has 1 saturated heterocycles. The highest BCUT2D eigenvalue weighted by Crippen LogP contribution is 2.35. The molecule has 7 nitrogen and oxygen atoms in total. The van der Waals surface area contributed by atoms with Gasteiger partial charge in [0.2, 0.25) is 0 Å². The smallest absolute Gasteiger partial charge is 0.322 e. The SMILES string of the molecule is CC1CCC2(CC1)NC(=O)N(NC(=O)CN(C)Cc1cc(Cl)cc(Cl)c1)C2=O. The molecule has 2 fully saturated rings. The predicted octanol–water partition coefficient (Wildman–Crippen LogP) is 2.96. The molecule has 1 aliphatic carbocycles. The molecule has 0 aromatic heterocycles. The van der Waals surface area contributed by atoms with Crippen molar-refractivity contribution < 1.29 is 14.4 Å². The maximum absolute atomic E-state index is 12.8. The van der Waals surface area contributed by atoms with Crippen molar-refractivity contribution in [2.75, 3.05) is 13.6 Å². The summed E-state index contributed by atoms with van der Waals surface area (Å²) in [7, 11) is 1.75. The number of carbonyl (C=O) groups excluding carboxylic acids is 3. The van der Waals surface area contributed by atoms with Gasteiger partial charge < -0.3 is 5.32 Å². The van der Waals surface area contributed by atoms with Crippen LogP contribution < -0.4 is 10.7 Å². The van der Waals surface area contributed by atoms with Crippen molar-refractivity contribution in [3.05, 3.63) is 33.8 Å². The number of hydrogen-bond acceptors (Lipinski definition) is 4. The second-order valence-electron chi connectivity index (χ2n) is 7.82. The number of nitrogens with one attached hydrogen (secondary N) is 2. The fraction of sp³-hybridized carbons (Fsp3) is 0.526. The number of benzene rings is 1. The minimum absolute atomic E-state index is 0.00518. The van der Waals surface area contributed by atoms with Gasteiger partial charge in [-0.25, -0.2) is 4.79 Å². The Morgan fingerprint density at radius 1 is 1.25 bits per heavy atom. The molecule has 0 radical (unpaired) electrons. The molecule has 2 N–H and O–H groups in total. The maximum atomic E-state index is 12.8. The molecule has 1 spiro atoms. The van der Waals surface area contributed by atoms with Crippen LogP contribution in [0.2, 0.25) is 10.0 Å². The predicted molar refractivity (Wildman–Crippen MR) is 107 cm³/mol. The number of hydrogen-bond donors (Lipinski definition) is 2. The third kappa shape index (κ3) is 4.59. The number of amides is 4. The van der Waals surface area contributed by atoms with E-state index in [-0.39, 0.29) is 12.5 Å². The molecule has 1 saturated carbocycles. The van der Waals surface area contributed by atoms with Gasteiger partial charge in [-0.2, -0.15) is 5.01 Å². The van der Waals surface area contributed by atoms with E-state index < -0.39 is 17.5 Å². The van der Waals surface area contributed by atoms with Crippen LogP contribution in [0.3, 0.4) is 0 Å². The van der Waals surface area contributed by atoms with Crippen LogP contribution in [0.5, 0.6) is 0 Å². The lowest BCUT2D eigenvalue weighted by Crippen LogP contribution is -2.52. The van der Waals surface area contributed by atoms with E-state index in [0.29, 0.717) is 35.3 Å². The molecule has 152 valence electrons. The lowest BCUT2D eigenvalue weighted by molar-refractivity contribution is -0.140. The molecule has 3 rings (SSSR count). The van der Waals surface area contributed by atoms with E-state index in [2.05, 4.69) is 17.7 Å². The molecular weight excluding hydrogens is 403 g/mol. The topological polar surface area (TPSA) is 81.8 Å². The second kappa shape index (κ2) is 8.27.